The summed E-state index contributed by atoms with van der Waals surface area (Å²) < 4.78 is 0. The van der Waals surface area contributed by atoms with E-state index in [1.165, 1.54) is 0 Å². The summed E-state index contributed by atoms with van der Waals surface area (Å²) in [6.07, 6.45) is 2.11. The number of nitrogens with two attached hydrogens (primary N) is 1. The van der Waals surface area contributed by atoms with Crippen LogP contribution in [0.3, 0.4) is 0 Å². The molecule has 0 aliphatic carbocycles. The summed E-state index contributed by atoms with van der Waals surface area (Å²) in [5, 5.41) is 12.4. The normalized spacial score (nSPS) is 32.0. The molecule has 0 saturated carbocycles. The van der Waals surface area contributed by atoms with Crippen molar-refractivity contribution in [2.45, 2.75) is 23.8 Å². The predicted octanol–water partition coefficient (Wildman–Crippen LogP) is -1.04. The third kappa shape index (κ3) is 2.34. The standard InChI is InChI=1S/C10H19N3O2S/c11-8(6-14)9(15)13-4-1-2-10(7-13)12-3-5-16-10/h8,12,14H,1-7,11H2. The predicted molar refractivity (Wildman–Crippen MR) is 64.1 cm³/mol. The number of amides is 1. The molecule has 2 atom stereocenters. The largest absolute Gasteiger partial charge is 0.394 e. The number of carbonyl (C=O) groups excluding carboxylic acids is 1. The van der Waals surface area contributed by atoms with E-state index >= 15 is 0 Å². The fourth-order valence-corrected chi connectivity index (χ4v) is 3.70. The maximum Gasteiger partial charge on any atom is 0.241 e. The average molecular weight is 245 g/mol. The Morgan fingerprint density at radius 1 is 1.69 bits per heavy atom. The van der Waals surface area contributed by atoms with Crippen LogP contribution >= 0.6 is 11.8 Å². The summed E-state index contributed by atoms with van der Waals surface area (Å²) in [5.74, 6) is 0.976. The van der Waals surface area contributed by atoms with Crippen molar-refractivity contribution in [2.75, 3.05) is 32.0 Å². The summed E-state index contributed by atoms with van der Waals surface area (Å²) >= 11 is 1.90. The third-order valence-corrected chi connectivity index (χ3v) is 4.65. The Morgan fingerprint density at radius 2 is 2.50 bits per heavy atom. The van der Waals surface area contributed by atoms with Crippen LogP contribution in [0.1, 0.15) is 12.8 Å². The van der Waals surface area contributed by atoms with Crippen LogP contribution in [-0.4, -0.2) is 58.8 Å². The minimum Gasteiger partial charge on any atom is -0.394 e. The molecule has 0 aromatic heterocycles. The minimum atomic E-state index is -0.762. The van der Waals surface area contributed by atoms with Crippen molar-refractivity contribution in [3.63, 3.8) is 0 Å². The fraction of sp³-hybridized carbons (Fsp3) is 0.900. The molecular formula is C10H19N3O2S. The zero-order valence-electron chi connectivity index (χ0n) is 9.32. The molecule has 2 aliphatic rings. The maximum atomic E-state index is 11.9. The van der Waals surface area contributed by atoms with E-state index in [4.69, 9.17) is 10.8 Å². The lowest BCUT2D eigenvalue weighted by Gasteiger charge is -2.40. The van der Waals surface area contributed by atoms with Gasteiger partial charge in [0.1, 0.15) is 6.04 Å². The van der Waals surface area contributed by atoms with Crippen LogP contribution in [-0.2, 0) is 4.79 Å². The first-order valence-corrected chi connectivity index (χ1v) is 6.70. The highest BCUT2D eigenvalue weighted by Crippen LogP contribution is 2.35. The van der Waals surface area contributed by atoms with E-state index in [2.05, 4.69) is 5.32 Å². The van der Waals surface area contributed by atoms with E-state index < -0.39 is 6.04 Å². The van der Waals surface area contributed by atoms with Crippen LogP contribution in [0.4, 0.5) is 0 Å². The van der Waals surface area contributed by atoms with E-state index in [1.807, 2.05) is 11.8 Å². The molecule has 2 saturated heterocycles. The molecule has 16 heavy (non-hydrogen) atoms. The molecule has 1 spiro atoms. The Bertz CT molecular complexity index is 269. The average Bonchev–Trinajstić information content (AvgIpc) is 2.75. The number of carbonyl (C=O) groups is 1. The van der Waals surface area contributed by atoms with Crippen molar-refractivity contribution in [3.8, 4) is 0 Å². The van der Waals surface area contributed by atoms with Gasteiger partial charge in [-0.2, -0.15) is 0 Å². The van der Waals surface area contributed by atoms with Crippen LogP contribution in [0.5, 0.6) is 0 Å². The van der Waals surface area contributed by atoms with Crippen molar-refractivity contribution in [3.05, 3.63) is 0 Å². The van der Waals surface area contributed by atoms with Crippen LogP contribution in [0.15, 0.2) is 0 Å². The molecule has 92 valence electrons. The van der Waals surface area contributed by atoms with Gasteiger partial charge >= 0.3 is 0 Å². The smallest absolute Gasteiger partial charge is 0.241 e. The molecule has 0 aromatic rings. The first-order chi connectivity index (χ1) is 7.67. The van der Waals surface area contributed by atoms with Crippen LogP contribution in [0.2, 0.25) is 0 Å². The summed E-state index contributed by atoms with van der Waals surface area (Å²) in [7, 11) is 0. The molecule has 6 heteroatoms. The summed E-state index contributed by atoms with van der Waals surface area (Å²) in [6.45, 7) is 2.21. The number of aliphatic hydroxyl groups excluding tert-OH is 1. The van der Waals surface area contributed by atoms with E-state index in [-0.39, 0.29) is 17.4 Å². The second-order valence-electron chi connectivity index (χ2n) is 4.42. The van der Waals surface area contributed by atoms with Gasteiger partial charge in [0.25, 0.3) is 0 Å². The quantitative estimate of drug-likeness (QED) is 0.579. The monoisotopic (exact) mass is 245 g/mol. The lowest BCUT2D eigenvalue weighted by molar-refractivity contribution is -0.135. The van der Waals surface area contributed by atoms with Gasteiger partial charge in [0.05, 0.1) is 11.5 Å². The summed E-state index contributed by atoms with van der Waals surface area (Å²) in [6, 6.07) is -0.762. The number of thioether (sulfide) groups is 1. The number of aliphatic hydroxyl groups is 1. The Labute approximate surface area is 99.7 Å². The van der Waals surface area contributed by atoms with Crippen molar-refractivity contribution in [2.24, 2.45) is 5.73 Å². The number of hydrogen-bond donors (Lipinski definition) is 3. The van der Waals surface area contributed by atoms with E-state index in [0.29, 0.717) is 6.54 Å². The SMILES string of the molecule is NC(CO)C(=O)N1CCCC2(C1)NCCS2. The molecule has 2 rings (SSSR count). The van der Waals surface area contributed by atoms with E-state index in [9.17, 15) is 4.79 Å². The summed E-state index contributed by atoms with van der Waals surface area (Å²) in [4.78, 5) is 13.7. The van der Waals surface area contributed by atoms with Crippen molar-refractivity contribution in [1.29, 1.82) is 0 Å². The van der Waals surface area contributed by atoms with Crippen molar-refractivity contribution in [1.82, 2.24) is 10.2 Å². The first kappa shape index (κ1) is 12.2. The van der Waals surface area contributed by atoms with Gasteiger partial charge in [-0.25, -0.2) is 0 Å². The summed E-state index contributed by atoms with van der Waals surface area (Å²) in [5.41, 5.74) is 5.57. The molecule has 0 radical (unpaired) electrons. The zero-order chi connectivity index (χ0) is 11.6. The second-order valence-corrected chi connectivity index (χ2v) is 5.90. The third-order valence-electron chi connectivity index (χ3n) is 3.21. The molecule has 2 heterocycles. The number of piperidine rings is 1. The van der Waals surface area contributed by atoms with Gasteiger partial charge < -0.3 is 21.1 Å². The molecule has 2 aliphatic heterocycles. The molecule has 0 aromatic carbocycles. The number of nitrogens with one attached hydrogen (secondary N) is 1. The van der Waals surface area contributed by atoms with Gasteiger partial charge in [-0.1, -0.05) is 0 Å². The van der Waals surface area contributed by atoms with Gasteiger partial charge in [-0.15, -0.1) is 11.8 Å². The maximum absolute atomic E-state index is 11.9. The molecule has 5 nitrogen and oxygen atoms in total. The number of likely N-dealkylation sites (tertiary alicyclic amines) is 1. The van der Waals surface area contributed by atoms with E-state index in [0.717, 1.165) is 31.7 Å². The minimum absolute atomic E-state index is 0.0447. The highest BCUT2D eigenvalue weighted by atomic mass is 32.2. The molecule has 0 bridgehead atoms. The Hall–Kier alpha value is -0.300. The van der Waals surface area contributed by atoms with Gasteiger partial charge in [0.2, 0.25) is 5.91 Å². The van der Waals surface area contributed by atoms with Crippen LogP contribution in [0.25, 0.3) is 0 Å². The highest BCUT2D eigenvalue weighted by Gasteiger charge is 2.40. The lowest BCUT2D eigenvalue weighted by atomic mass is 10.0. The molecule has 4 N–H and O–H groups in total. The lowest BCUT2D eigenvalue weighted by Crippen LogP contribution is -2.57. The Morgan fingerprint density at radius 3 is 3.12 bits per heavy atom. The van der Waals surface area contributed by atoms with E-state index in [1.54, 1.807) is 4.90 Å². The second kappa shape index (κ2) is 4.91. The van der Waals surface area contributed by atoms with Gasteiger partial charge in [0, 0.05) is 25.4 Å². The fourth-order valence-electron chi connectivity index (χ4n) is 2.36. The number of hydrogen-bond acceptors (Lipinski definition) is 5. The van der Waals surface area contributed by atoms with Gasteiger partial charge in [-0.05, 0) is 12.8 Å². The molecule has 2 unspecified atom stereocenters. The molecular weight excluding hydrogens is 226 g/mol. The van der Waals surface area contributed by atoms with Crippen molar-refractivity contribution >= 4 is 17.7 Å². The van der Waals surface area contributed by atoms with Gasteiger partial charge in [-0.3, -0.25) is 4.79 Å². The molecule has 1 amide bonds. The highest BCUT2D eigenvalue weighted by molar-refractivity contribution is 8.00. The Kier molecular flexibility index (Phi) is 3.73. The van der Waals surface area contributed by atoms with Crippen LogP contribution in [0, 0.1) is 0 Å². The number of rotatable bonds is 2. The van der Waals surface area contributed by atoms with Gasteiger partial charge in [0.15, 0.2) is 0 Å². The van der Waals surface area contributed by atoms with Crippen molar-refractivity contribution < 1.29 is 9.90 Å². The zero-order valence-corrected chi connectivity index (χ0v) is 10.1. The first-order valence-electron chi connectivity index (χ1n) is 5.71. The Balaban J connectivity index is 1.98. The molecule has 2 fully saturated rings. The number of nitrogens with zero attached hydrogens (tertiary/aromatic N) is 1. The topological polar surface area (TPSA) is 78.6 Å². The van der Waals surface area contributed by atoms with Crippen LogP contribution < -0.4 is 11.1 Å².